The van der Waals surface area contributed by atoms with Gasteiger partial charge in [0.05, 0.1) is 12.6 Å². The molecule has 0 bridgehead atoms. The standard InChI is InChI=1S/C26H35N3O2/c1-2-31-26(30)29-19-17-28(18-20-29)24-15-13-23(14-16-24)27-25(21-9-5-3-6-10-21)22-11-7-4-8-12-22/h3-12,23-25,27H,2,13-20H2,1H3. The van der Waals surface area contributed by atoms with Gasteiger partial charge in [0.2, 0.25) is 0 Å². The molecule has 5 heteroatoms. The van der Waals surface area contributed by atoms with E-state index in [0.717, 1.165) is 26.2 Å². The van der Waals surface area contributed by atoms with Crippen molar-refractivity contribution in [2.24, 2.45) is 0 Å². The average molecular weight is 422 g/mol. The van der Waals surface area contributed by atoms with Crippen molar-refractivity contribution >= 4 is 6.09 Å². The number of benzene rings is 2. The lowest BCUT2D eigenvalue weighted by Crippen LogP contribution is -2.53. The van der Waals surface area contributed by atoms with Gasteiger partial charge in [0.1, 0.15) is 0 Å². The number of nitrogens with one attached hydrogen (secondary N) is 1. The van der Waals surface area contributed by atoms with Crippen molar-refractivity contribution in [3.8, 4) is 0 Å². The lowest BCUT2D eigenvalue weighted by Gasteiger charge is -2.42. The van der Waals surface area contributed by atoms with Gasteiger partial charge in [0.25, 0.3) is 0 Å². The third-order valence-electron chi connectivity index (χ3n) is 6.72. The fourth-order valence-electron chi connectivity index (χ4n) is 5.00. The summed E-state index contributed by atoms with van der Waals surface area (Å²) in [7, 11) is 0. The van der Waals surface area contributed by atoms with Crippen LogP contribution < -0.4 is 5.32 Å². The van der Waals surface area contributed by atoms with Crippen molar-refractivity contribution in [3.05, 3.63) is 71.8 Å². The molecular formula is C26H35N3O2. The number of carbonyl (C=O) groups excluding carboxylic acids is 1. The molecule has 1 amide bonds. The minimum Gasteiger partial charge on any atom is -0.450 e. The maximum absolute atomic E-state index is 11.9. The van der Waals surface area contributed by atoms with Crippen LogP contribution in [0.4, 0.5) is 4.79 Å². The molecule has 4 rings (SSSR count). The summed E-state index contributed by atoms with van der Waals surface area (Å²) in [6.07, 6.45) is 4.65. The minimum absolute atomic E-state index is 0.164. The molecule has 1 saturated carbocycles. The molecule has 1 N–H and O–H groups in total. The Hall–Kier alpha value is -2.37. The summed E-state index contributed by atoms with van der Waals surface area (Å²) in [4.78, 5) is 16.4. The number of nitrogens with zero attached hydrogens (tertiary/aromatic N) is 2. The van der Waals surface area contributed by atoms with E-state index in [1.54, 1.807) is 0 Å². The maximum atomic E-state index is 11.9. The Morgan fingerprint density at radius 2 is 1.45 bits per heavy atom. The first-order valence-electron chi connectivity index (χ1n) is 11.8. The summed E-state index contributed by atoms with van der Waals surface area (Å²) in [6.45, 7) is 5.78. The van der Waals surface area contributed by atoms with Crippen LogP contribution in [-0.2, 0) is 4.74 Å². The van der Waals surface area contributed by atoms with E-state index < -0.39 is 0 Å². The predicted octanol–water partition coefficient (Wildman–Crippen LogP) is 4.45. The van der Waals surface area contributed by atoms with Crippen LogP contribution in [-0.4, -0.2) is 60.8 Å². The molecule has 31 heavy (non-hydrogen) atoms. The van der Waals surface area contributed by atoms with Crippen LogP contribution in [0.5, 0.6) is 0 Å². The molecule has 2 fully saturated rings. The number of piperazine rings is 1. The van der Waals surface area contributed by atoms with Crippen molar-refractivity contribution in [1.82, 2.24) is 15.1 Å². The van der Waals surface area contributed by atoms with E-state index in [9.17, 15) is 4.79 Å². The third kappa shape index (κ3) is 5.66. The third-order valence-corrected chi connectivity index (χ3v) is 6.72. The fraction of sp³-hybridized carbons (Fsp3) is 0.500. The van der Waals surface area contributed by atoms with Crippen molar-refractivity contribution in [2.45, 2.75) is 50.7 Å². The van der Waals surface area contributed by atoms with E-state index in [1.165, 1.54) is 36.8 Å². The molecule has 0 aromatic heterocycles. The number of ether oxygens (including phenoxy) is 1. The summed E-state index contributed by atoms with van der Waals surface area (Å²) in [5.41, 5.74) is 2.65. The molecule has 2 aromatic carbocycles. The Kier molecular flexibility index (Phi) is 7.60. The van der Waals surface area contributed by atoms with Crippen molar-refractivity contribution in [1.29, 1.82) is 0 Å². The van der Waals surface area contributed by atoms with Gasteiger partial charge < -0.3 is 15.0 Å². The Morgan fingerprint density at radius 3 is 1.97 bits per heavy atom. The number of rotatable bonds is 6. The first-order chi connectivity index (χ1) is 15.2. The summed E-state index contributed by atoms with van der Waals surface area (Å²) in [5.74, 6) is 0. The fourth-order valence-corrected chi connectivity index (χ4v) is 5.00. The van der Waals surface area contributed by atoms with Gasteiger partial charge >= 0.3 is 6.09 Å². The van der Waals surface area contributed by atoms with Crippen molar-refractivity contribution < 1.29 is 9.53 Å². The quantitative estimate of drug-likeness (QED) is 0.748. The van der Waals surface area contributed by atoms with E-state index in [-0.39, 0.29) is 12.1 Å². The molecular weight excluding hydrogens is 386 g/mol. The predicted molar refractivity (Wildman–Crippen MR) is 124 cm³/mol. The molecule has 1 heterocycles. The Bertz CT molecular complexity index is 758. The van der Waals surface area contributed by atoms with Gasteiger partial charge in [-0.2, -0.15) is 0 Å². The second-order valence-corrected chi connectivity index (χ2v) is 8.65. The van der Waals surface area contributed by atoms with Crippen molar-refractivity contribution in [2.75, 3.05) is 32.8 Å². The van der Waals surface area contributed by atoms with Gasteiger partial charge in [0, 0.05) is 38.3 Å². The summed E-state index contributed by atoms with van der Waals surface area (Å²) < 4.78 is 5.15. The monoisotopic (exact) mass is 421 g/mol. The first-order valence-corrected chi connectivity index (χ1v) is 11.8. The highest BCUT2D eigenvalue weighted by Gasteiger charge is 2.30. The molecule has 2 aliphatic rings. The maximum Gasteiger partial charge on any atom is 0.409 e. The van der Waals surface area contributed by atoms with Gasteiger partial charge in [-0.25, -0.2) is 4.79 Å². The zero-order chi connectivity index (χ0) is 21.5. The molecule has 1 aliphatic carbocycles. The molecule has 166 valence electrons. The van der Waals surface area contributed by atoms with Gasteiger partial charge in [-0.05, 0) is 43.7 Å². The van der Waals surface area contributed by atoms with Crippen LogP contribution in [0.25, 0.3) is 0 Å². The number of amides is 1. The van der Waals surface area contributed by atoms with Crippen LogP contribution in [0.1, 0.15) is 49.8 Å². The lowest BCUT2D eigenvalue weighted by molar-refractivity contribution is 0.0554. The van der Waals surface area contributed by atoms with Crippen LogP contribution in [0, 0.1) is 0 Å². The van der Waals surface area contributed by atoms with Crippen LogP contribution in [0.2, 0.25) is 0 Å². The van der Waals surface area contributed by atoms with E-state index in [2.05, 4.69) is 70.9 Å². The van der Waals surface area contributed by atoms with E-state index in [4.69, 9.17) is 4.74 Å². The smallest absolute Gasteiger partial charge is 0.409 e. The first kappa shape index (κ1) is 21.8. The number of hydrogen-bond acceptors (Lipinski definition) is 4. The van der Waals surface area contributed by atoms with Gasteiger partial charge in [-0.3, -0.25) is 4.90 Å². The van der Waals surface area contributed by atoms with Gasteiger partial charge in [-0.1, -0.05) is 60.7 Å². The van der Waals surface area contributed by atoms with E-state index in [0.29, 0.717) is 18.7 Å². The van der Waals surface area contributed by atoms with Crippen LogP contribution in [0.15, 0.2) is 60.7 Å². The normalized spacial score (nSPS) is 22.5. The van der Waals surface area contributed by atoms with Crippen molar-refractivity contribution in [3.63, 3.8) is 0 Å². The summed E-state index contributed by atoms with van der Waals surface area (Å²) in [5, 5.41) is 3.96. The second-order valence-electron chi connectivity index (χ2n) is 8.65. The number of carbonyl (C=O) groups is 1. The largest absolute Gasteiger partial charge is 0.450 e. The minimum atomic E-state index is -0.164. The summed E-state index contributed by atoms with van der Waals surface area (Å²) in [6, 6.07) is 22.9. The Balaban J connectivity index is 1.31. The zero-order valence-corrected chi connectivity index (χ0v) is 18.6. The van der Waals surface area contributed by atoms with E-state index in [1.807, 2.05) is 11.8 Å². The molecule has 0 radical (unpaired) electrons. The highest BCUT2D eigenvalue weighted by atomic mass is 16.6. The summed E-state index contributed by atoms with van der Waals surface area (Å²) >= 11 is 0. The molecule has 5 nitrogen and oxygen atoms in total. The highest BCUT2D eigenvalue weighted by Crippen LogP contribution is 2.29. The topological polar surface area (TPSA) is 44.8 Å². The SMILES string of the molecule is CCOC(=O)N1CCN(C2CCC(NC(c3ccccc3)c3ccccc3)CC2)CC1. The highest BCUT2D eigenvalue weighted by molar-refractivity contribution is 5.67. The second kappa shape index (κ2) is 10.8. The number of hydrogen-bond donors (Lipinski definition) is 1. The molecule has 1 saturated heterocycles. The molecule has 2 aromatic rings. The Morgan fingerprint density at radius 1 is 0.903 bits per heavy atom. The molecule has 0 unspecified atom stereocenters. The van der Waals surface area contributed by atoms with Crippen LogP contribution >= 0.6 is 0 Å². The molecule has 0 atom stereocenters. The average Bonchev–Trinajstić information content (AvgIpc) is 2.84. The Labute approximate surface area is 186 Å². The molecule has 1 aliphatic heterocycles. The van der Waals surface area contributed by atoms with Gasteiger partial charge in [-0.15, -0.1) is 0 Å². The van der Waals surface area contributed by atoms with Crippen LogP contribution in [0.3, 0.4) is 0 Å². The van der Waals surface area contributed by atoms with Gasteiger partial charge in [0.15, 0.2) is 0 Å². The zero-order valence-electron chi connectivity index (χ0n) is 18.6. The molecule has 0 spiro atoms. The van der Waals surface area contributed by atoms with E-state index >= 15 is 0 Å². The lowest BCUT2D eigenvalue weighted by atomic mass is 9.88.